The molecule has 302 valence electrons. The Morgan fingerprint density at radius 3 is 1.13 bits per heavy atom. The highest BCUT2D eigenvalue weighted by atomic mass is 35.5. The zero-order chi connectivity index (χ0) is 41.6. The first-order chi connectivity index (χ1) is 30.5. The van der Waals surface area contributed by atoms with Crippen molar-refractivity contribution < 1.29 is 32.2 Å². The standard InChI is InChI=1S/C56H41N6.ClH/c1-61-33-29-43(30-34-61)55-49-25-21-45(57-49)53(41-17-13-39(14-18-41)37-9-5-3-6-10-37)47-23-27-51(59-47)56(44-31-35-62(2)36-32-44)52-28-24-48(60-52)54(46-22-26-50(55)58-46)42-19-15-40(16-20-42)38-11-7-4-8-12-38;/h3-36H,1-2H3,(H,57,58,59,60);1H/q+1;/p+2. The molecule has 4 aromatic carbocycles. The molecule has 2 aromatic heterocycles. The minimum atomic E-state index is 0. The van der Waals surface area contributed by atoms with Crippen molar-refractivity contribution in [3.63, 3.8) is 0 Å². The second-order valence-electron chi connectivity index (χ2n) is 16.1. The summed E-state index contributed by atoms with van der Waals surface area (Å²) in [7, 11) is 4.11. The van der Waals surface area contributed by atoms with Crippen LogP contribution in [0.2, 0.25) is 0 Å². The molecular formula is C56H44ClN6+3. The molecule has 7 heteroatoms. The van der Waals surface area contributed by atoms with Crippen LogP contribution >= 0.6 is 0 Å². The Labute approximate surface area is 373 Å². The second kappa shape index (κ2) is 16.7. The molecule has 0 amide bonds. The monoisotopic (exact) mass is 835 g/mol. The van der Waals surface area contributed by atoms with Gasteiger partial charge in [-0.15, -0.1) is 0 Å². The molecule has 0 saturated heterocycles. The van der Waals surface area contributed by atoms with Gasteiger partial charge in [-0.05, 0) is 57.7 Å². The topological polar surface area (TPSA) is 65.7 Å². The molecule has 11 rings (SSSR count). The molecule has 6 aromatic rings. The molecule has 0 saturated carbocycles. The first-order valence-electron chi connectivity index (χ1n) is 21.1. The van der Waals surface area contributed by atoms with Crippen molar-refractivity contribution in [1.82, 2.24) is 0 Å². The molecule has 5 aliphatic rings. The van der Waals surface area contributed by atoms with Gasteiger partial charge >= 0.3 is 0 Å². The largest absolute Gasteiger partial charge is 1.00 e. The molecule has 63 heavy (non-hydrogen) atoms. The van der Waals surface area contributed by atoms with E-state index in [4.69, 9.17) is 9.98 Å². The number of rotatable bonds is 6. The number of aryl methyl sites for hydroxylation is 2. The van der Waals surface area contributed by atoms with Crippen molar-refractivity contribution in [2.24, 2.45) is 24.1 Å². The Bertz CT molecular complexity index is 3150. The van der Waals surface area contributed by atoms with Crippen LogP contribution in [0.25, 0.3) is 44.5 Å². The molecule has 0 atom stereocenters. The van der Waals surface area contributed by atoms with Gasteiger partial charge in [0.05, 0.1) is 45.1 Å². The Kier molecular flexibility index (Phi) is 10.5. The SMILES string of the molecule is C[n+]1ccc(C2=C3C=CC(=N3)C(c3ccc(-c4ccccc4)cc3)=C3C=CC(=C(c4cc[n+](C)cc4)C4=NC(=C(c5ccc(-c6ccccc6)cc5)C5=CC=C2[NH2+]5)C=C4)[NH2+]3)cc1.[Cl-]. The lowest BCUT2D eigenvalue weighted by atomic mass is 9.96. The molecular weight excluding hydrogens is 792 g/mol. The highest BCUT2D eigenvalue weighted by molar-refractivity contribution is 6.33. The minimum Gasteiger partial charge on any atom is -1.00 e. The second-order valence-corrected chi connectivity index (χ2v) is 16.1. The quantitative estimate of drug-likeness (QED) is 0.219. The lowest BCUT2D eigenvalue weighted by molar-refractivity contribution is -0.671. The first kappa shape index (κ1) is 39.5. The number of hydrogen-bond acceptors (Lipinski definition) is 2. The van der Waals surface area contributed by atoms with E-state index in [1.54, 1.807) is 0 Å². The number of quaternary nitrogens is 2. The summed E-state index contributed by atoms with van der Waals surface area (Å²) in [5, 5.41) is 4.63. The normalized spacial score (nSPS) is 16.4. The number of aliphatic imine (C=N–C) groups is 2. The van der Waals surface area contributed by atoms with Crippen molar-refractivity contribution in [1.29, 1.82) is 0 Å². The molecule has 0 aliphatic carbocycles. The van der Waals surface area contributed by atoms with Crippen molar-refractivity contribution in [2.45, 2.75) is 0 Å². The third kappa shape index (κ3) is 7.57. The van der Waals surface area contributed by atoms with Crippen LogP contribution < -0.4 is 32.2 Å². The number of allylic oxidation sites excluding steroid dienone is 12. The number of nitrogens with zero attached hydrogens (tertiary/aromatic N) is 4. The van der Waals surface area contributed by atoms with Gasteiger partial charge in [-0.1, -0.05) is 109 Å². The summed E-state index contributed by atoms with van der Waals surface area (Å²) < 4.78 is 4.14. The minimum absolute atomic E-state index is 0. The molecule has 6 nitrogen and oxygen atoms in total. The van der Waals surface area contributed by atoms with Gasteiger partial charge in [0, 0.05) is 59.7 Å². The average Bonchev–Trinajstić information content (AvgIpc) is 4.17. The van der Waals surface area contributed by atoms with Gasteiger partial charge in [-0.3, -0.25) is 10.6 Å². The molecule has 5 aliphatic heterocycles. The number of aromatic nitrogens is 2. The predicted molar refractivity (Wildman–Crippen MR) is 249 cm³/mol. The molecule has 4 N–H and O–H groups in total. The summed E-state index contributed by atoms with van der Waals surface area (Å²) in [5.74, 6) is 0. The molecule has 0 radical (unpaired) electrons. The third-order valence-corrected chi connectivity index (χ3v) is 12.1. The Morgan fingerprint density at radius 1 is 0.349 bits per heavy atom. The molecule has 8 bridgehead atoms. The summed E-state index contributed by atoms with van der Waals surface area (Å²) in [4.78, 5) is 11.1. The number of benzene rings is 4. The Morgan fingerprint density at radius 2 is 0.698 bits per heavy atom. The van der Waals surface area contributed by atoms with Crippen LogP contribution in [-0.4, -0.2) is 11.4 Å². The fraction of sp³-hybridized carbons (Fsp3) is 0.0357. The van der Waals surface area contributed by atoms with Crippen LogP contribution in [0.15, 0.2) is 251 Å². The zero-order valence-corrected chi connectivity index (χ0v) is 35.7. The summed E-state index contributed by atoms with van der Waals surface area (Å²) in [6.07, 6.45) is 26.1. The van der Waals surface area contributed by atoms with E-state index in [2.05, 4.69) is 241 Å². The van der Waals surface area contributed by atoms with Crippen LogP contribution in [-0.2, 0) is 14.1 Å². The van der Waals surface area contributed by atoms with E-state index in [-0.39, 0.29) is 12.4 Å². The van der Waals surface area contributed by atoms with E-state index in [0.717, 1.165) is 90.2 Å². The van der Waals surface area contributed by atoms with E-state index in [0.29, 0.717) is 0 Å². The third-order valence-electron chi connectivity index (χ3n) is 12.1. The highest BCUT2D eigenvalue weighted by Gasteiger charge is 2.32. The summed E-state index contributed by atoms with van der Waals surface area (Å²) in [6.45, 7) is 0. The first-order valence-corrected chi connectivity index (χ1v) is 21.1. The fourth-order valence-corrected chi connectivity index (χ4v) is 8.89. The number of pyridine rings is 2. The van der Waals surface area contributed by atoms with E-state index < -0.39 is 0 Å². The molecule has 7 heterocycles. The van der Waals surface area contributed by atoms with Crippen LogP contribution in [0, 0.1) is 0 Å². The number of fused-ring (bicyclic) bond motifs is 6. The van der Waals surface area contributed by atoms with Gasteiger partial charge in [0.25, 0.3) is 0 Å². The van der Waals surface area contributed by atoms with Crippen LogP contribution in [0.1, 0.15) is 22.3 Å². The maximum Gasteiger partial charge on any atom is 0.169 e. The van der Waals surface area contributed by atoms with Crippen LogP contribution in [0.3, 0.4) is 0 Å². The Hall–Kier alpha value is -7.61. The predicted octanol–water partition coefficient (Wildman–Crippen LogP) is 5.13. The van der Waals surface area contributed by atoms with Crippen LogP contribution in [0.4, 0.5) is 0 Å². The van der Waals surface area contributed by atoms with E-state index in [9.17, 15) is 0 Å². The smallest absolute Gasteiger partial charge is 0.169 e. The van der Waals surface area contributed by atoms with Crippen molar-refractivity contribution in [2.75, 3.05) is 0 Å². The average molecular weight is 836 g/mol. The van der Waals surface area contributed by atoms with E-state index in [1.165, 1.54) is 22.3 Å². The van der Waals surface area contributed by atoms with E-state index in [1.807, 2.05) is 0 Å². The number of hydrogen-bond donors (Lipinski definition) is 2. The van der Waals surface area contributed by atoms with Crippen molar-refractivity contribution in [3.8, 4) is 22.3 Å². The number of nitrogens with two attached hydrogens (primary N) is 2. The molecule has 0 spiro atoms. The van der Waals surface area contributed by atoms with Crippen molar-refractivity contribution >= 4 is 33.7 Å². The highest BCUT2D eigenvalue weighted by Crippen LogP contribution is 2.37. The lowest BCUT2D eigenvalue weighted by Crippen LogP contribution is -3.00. The molecule has 0 fully saturated rings. The van der Waals surface area contributed by atoms with E-state index >= 15 is 0 Å². The lowest BCUT2D eigenvalue weighted by Gasteiger charge is -2.14. The molecule has 0 unspecified atom stereocenters. The van der Waals surface area contributed by atoms with Gasteiger partial charge in [0.15, 0.2) is 24.8 Å². The van der Waals surface area contributed by atoms with Gasteiger partial charge in [0.1, 0.15) is 36.9 Å². The fourth-order valence-electron chi connectivity index (χ4n) is 8.89. The van der Waals surface area contributed by atoms with Gasteiger partial charge < -0.3 is 12.4 Å². The maximum absolute atomic E-state index is 5.53. The van der Waals surface area contributed by atoms with Crippen molar-refractivity contribution in [3.05, 3.63) is 263 Å². The number of halogens is 1. The van der Waals surface area contributed by atoms with Crippen LogP contribution in [0.5, 0.6) is 0 Å². The van der Waals surface area contributed by atoms with Gasteiger partial charge in [-0.2, -0.15) is 0 Å². The maximum atomic E-state index is 5.53. The zero-order valence-electron chi connectivity index (χ0n) is 35.0. The summed E-state index contributed by atoms with van der Waals surface area (Å²) >= 11 is 0. The Balaban J connectivity index is 0.00000471. The van der Waals surface area contributed by atoms with Gasteiger partial charge in [0.2, 0.25) is 0 Å². The summed E-state index contributed by atoms with van der Waals surface area (Å²) in [6, 6.07) is 47.7. The summed E-state index contributed by atoms with van der Waals surface area (Å²) in [5.41, 5.74) is 21.6. The van der Waals surface area contributed by atoms with Gasteiger partial charge in [-0.25, -0.2) is 19.1 Å².